The van der Waals surface area contributed by atoms with Gasteiger partial charge in [-0.3, -0.25) is 0 Å². The molecule has 0 saturated carbocycles. The summed E-state index contributed by atoms with van der Waals surface area (Å²) in [5.74, 6) is 0. The van der Waals surface area contributed by atoms with Crippen LogP contribution in [0.2, 0.25) is 0 Å². The van der Waals surface area contributed by atoms with Crippen molar-refractivity contribution >= 4 is 27.5 Å². The predicted molar refractivity (Wildman–Crippen MR) is 14.8 cm³/mol. The van der Waals surface area contributed by atoms with Crippen molar-refractivity contribution in [2.75, 3.05) is 0 Å². The van der Waals surface area contributed by atoms with E-state index in [4.69, 9.17) is 0 Å². The summed E-state index contributed by atoms with van der Waals surface area (Å²) >= 11 is 0. The van der Waals surface area contributed by atoms with Crippen LogP contribution in [0.1, 0.15) is 4.28 Å². The van der Waals surface area contributed by atoms with Gasteiger partial charge in [0, 0.05) is 36.8 Å². The molecule has 0 aliphatic heterocycles. The summed E-state index contributed by atoms with van der Waals surface area (Å²) in [4.78, 5) is 0. The molecule has 0 saturated heterocycles. The van der Waals surface area contributed by atoms with Gasteiger partial charge in [0.15, 0.2) is 0 Å². The molecule has 4 heteroatoms. The second-order valence-electron chi connectivity index (χ2n) is 0. The van der Waals surface area contributed by atoms with E-state index >= 15 is 0 Å². The third kappa shape index (κ3) is 9.06. The van der Waals surface area contributed by atoms with Gasteiger partial charge in [-0.25, -0.2) is 0 Å². The molecule has 0 amide bonds. The third-order valence-electron chi connectivity index (χ3n) is 0. The molecule has 0 atom stereocenters. The van der Waals surface area contributed by atoms with Gasteiger partial charge in [-0.05, 0) is 0 Å². The van der Waals surface area contributed by atoms with E-state index in [-0.39, 0.29) is 70.1 Å². The average molecular weight is 111 g/mol. The third-order valence-corrected chi connectivity index (χ3v) is 0. The minimum absolute atomic E-state index is 0. The first kappa shape index (κ1) is 38.8. The summed E-state index contributed by atoms with van der Waals surface area (Å²) in [6, 6.07) is 0. The SMILES string of the molecule is [Al].[Be+2].[H-].[H-].[H-].[Li+].[Zn]. The zero-order valence-corrected chi connectivity index (χ0v) is 7.11. The molecule has 0 nitrogen and oxygen atoms in total. The maximum absolute atomic E-state index is 0. The van der Waals surface area contributed by atoms with Crippen LogP contribution < -0.4 is 18.9 Å². The van der Waals surface area contributed by atoms with Crippen LogP contribution in [0.15, 0.2) is 0 Å². The molecule has 0 spiro atoms. The van der Waals surface area contributed by atoms with Crippen LogP contribution in [0, 0.1) is 0 Å². The Bertz CT molecular complexity index is 14.9. The van der Waals surface area contributed by atoms with Gasteiger partial charge in [-0.2, -0.15) is 0 Å². The molecule has 0 bridgehead atoms. The fraction of sp³-hybridized carbons (Fsp3) is 0. The van der Waals surface area contributed by atoms with Crippen LogP contribution in [0.25, 0.3) is 0 Å². The van der Waals surface area contributed by atoms with Crippen molar-refractivity contribution in [2.24, 2.45) is 0 Å². The Labute approximate surface area is 69.8 Å². The molecule has 11 valence electrons. The second kappa shape index (κ2) is 20.5. The van der Waals surface area contributed by atoms with Crippen molar-refractivity contribution in [1.82, 2.24) is 0 Å². The quantitative estimate of drug-likeness (QED) is 0.286. The molecule has 0 aromatic rings. The van der Waals surface area contributed by atoms with Gasteiger partial charge >= 0.3 is 29.0 Å². The maximum Gasteiger partial charge on any atom is 2.00 e. The monoisotopic (exact) mass is 110 g/mol. The van der Waals surface area contributed by atoms with E-state index in [0.29, 0.717) is 0 Å². The van der Waals surface area contributed by atoms with Crippen LogP contribution in [0.4, 0.5) is 0 Å². The van der Waals surface area contributed by atoms with E-state index in [0.717, 1.165) is 0 Å². The first-order valence-corrected chi connectivity index (χ1v) is 0. The summed E-state index contributed by atoms with van der Waals surface area (Å²) in [5.41, 5.74) is 0. The molecular weight excluding hydrogens is 108 g/mol. The largest absolute Gasteiger partial charge is 2.00 e. The van der Waals surface area contributed by atoms with E-state index in [9.17, 15) is 0 Å². The molecule has 4 heavy (non-hydrogen) atoms. The normalized spacial score (nSPS) is 0. The number of hydrogen-bond donors (Lipinski definition) is 0. The van der Waals surface area contributed by atoms with Crippen molar-refractivity contribution in [3.8, 4) is 0 Å². The van der Waals surface area contributed by atoms with Crippen LogP contribution >= 0.6 is 0 Å². The fourth-order valence-corrected chi connectivity index (χ4v) is 0. The summed E-state index contributed by atoms with van der Waals surface area (Å²) in [5, 5.41) is 0. The van der Waals surface area contributed by atoms with Crippen LogP contribution in [0.3, 0.4) is 0 Å². The van der Waals surface area contributed by atoms with E-state index in [2.05, 4.69) is 0 Å². The summed E-state index contributed by atoms with van der Waals surface area (Å²) in [7, 11) is 0. The Morgan fingerprint density at radius 3 is 1.25 bits per heavy atom. The number of hydrogen-bond acceptors (Lipinski definition) is 0. The zero-order chi connectivity index (χ0) is 0. The molecule has 0 aliphatic rings. The van der Waals surface area contributed by atoms with Gasteiger partial charge < -0.3 is 4.28 Å². The van der Waals surface area contributed by atoms with Crippen LogP contribution in [-0.4, -0.2) is 27.5 Å². The van der Waals surface area contributed by atoms with E-state index in [1.807, 2.05) is 0 Å². The minimum Gasteiger partial charge on any atom is -1.00 e. The van der Waals surface area contributed by atoms with Gasteiger partial charge in [0.2, 0.25) is 0 Å². The molecule has 0 heterocycles. The Hall–Kier alpha value is 1.92. The standard InChI is InChI=1S/Al.Be.Li.Zn.3H/q;+2;+1;;3*-1. The van der Waals surface area contributed by atoms with Crippen molar-refractivity contribution in [3.63, 3.8) is 0 Å². The summed E-state index contributed by atoms with van der Waals surface area (Å²) in [6.45, 7) is 0. The first-order chi connectivity index (χ1) is 0. The van der Waals surface area contributed by atoms with Gasteiger partial charge in [0.05, 0.1) is 0 Å². The van der Waals surface area contributed by atoms with Gasteiger partial charge in [-0.1, -0.05) is 0 Å². The predicted octanol–water partition coefficient (Wildman–Crippen LogP) is -3.42. The molecule has 0 rings (SSSR count). The van der Waals surface area contributed by atoms with E-state index in [1.165, 1.54) is 0 Å². The van der Waals surface area contributed by atoms with Crippen LogP contribution in [0.5, 0.6) is 0 Å². The molecule has 3 radical (unpaired) electrons. The smallest absolute Gasteiger partial charge is 1.00 e. The van der Waals surface area contributed by atoms with Gasteiger partial charge in [0.25, 0.3) is 0 Å². The van der Waals surface area contributed by atoms with Gasteiger partial charge in [-0.15, -0.1) is 0 Å². The topological polar surface area (TPSA) is 0 Å². The Kier molecular flexibility index (Phi) is 199. The minimum atomic E-state index is 0. The Morgan fingerprint density at radius 1 is 1.25 bits per heavy atom. The average Bonchev–Trinajstić information content (AvgIpc) is 0. The van der Waals surface area contributed by atoms with E-state index in [1.54, 1.807) is 0 Å². The molecule has 0 unspecified atom stereocenters. The molecular formula is H3AlBeLiZn. The molecule has 0 fully saturated rings. The molecule has 0 aliphatic carbocycles. The van der Waals surface area contributed by atoms with Crippen molar-refractivity contribution in [3.05, 3.63) is 0 Å². The summed E-state index contributed by atoms with van der Waals surface area (Å²) < 4.78 is 0. The Morgan fingerprint density at radius 2 is 1.25 bits per heavy atom. The van der Waals surface area contributed by atoms with Crippen molar-refractivity contribution in [1.29, 1.82) is 0 Å². The first-order valence-electron chi connectivity index (χ1n) is 0. The number of rotatable bonds is 0. The second-order valence-corrected chi connectivity index (χ2v) is 0. The van der Waals surface area contributed by atoms with Gasteiger partial charge in [0.1, 0.15) is 0 Å². The van der Waals surface area contributed by atoms with Crippen molar-refractivity contribution in [2.45, 2.75) is 0 Å². The Balaban J connectivity index is 0. The van der Waals surface area contributed by atoms with E-state index < -0.39 is 0 Å². The van der Waals surface area contributed by atoms with Crippen LogP contribution in [-0.2, 0) is 19.5 Å². The summed E-state index contributed by atoms with van der Waals surface area (Å²) in [6.07, 6.45) is 0. The fourth-order valence-electron chi connectivity index (χ4n) is 0. The molecule has 0 aromatic carbocycles. The molecule has 0 N–H and O–H groups in total. The van der Waals surface area contributed by atoms with Crippen molar-refractivity contribution < 1.29 is 42.6 Å². The molecule has 0 aromatic heterocycles. The zero-order valence-electron chi connectivity index (χ0n) is 5.99. The maximum atomic E-state index is 0.